The third kappa shape index (κ3) is 6.74. The third-order valence-electron chi connectivity index (χ3n) is 8.30. The molecule has 39 heavy (non-hydrogen) atoms. The fourth-order valence-corrected chi connectivity index (χ4v) is 5.63. The van der Waals surface area contributed by atoms with Crippen LogP contribution in [-0.4, -0.2) is 22.8 Å². The minimum absolute atomic E-state index is 0.0139. The Morgan fingerprint density at radius 2 is 1.62 bits per heavy atom. The molecular weight excluding hydrogens is 484 g/mol. The number of nitrogens with zero attached hydrogens (tertiary/aromatic N) is 1. The van der Waals surface area contributed by atoms with Crippen LogP contribution in [0.2, 0.25) is 0 Å². The SMILES string of the molecule is CC(C)(N)c1ccc(-c2ncc(NC(=O)CC3CCC(NC(=O)C4CCC4)CC3)cc2-c2ccccc2)cc1. The van der Waals surface area contributed by atoms with Gasteiger partial charge in [0.05, 0.1) is 17.6 Å². The van der Waals surface area contributed by atoms with E-state index < -0.39 is 5.54 Å². The highest BCUT2D eigenvalue weighted by atomic mass is 16.2. The number of rotatable bonds is 8. The number of nitrogens with two attached hydrogens (primary N) is 1. The second-order valence-corrected chi connectivity index (χ2v) is 11.9. The minimum atomic E-state index is -0.411. The van der Waals surface area contributed by atoms with Crippen LogP contribution in [0, 0.1) is 11.8 Å². The summed E-state index contributed by atoms with van der Waals surface area (Å²) in [6, 6.07) is 20.6. The van der Waals surface area contributed by atoms with E-state index in [4.69, 9.17) is 10.7 Å². The Bertz CT molecular complexity index is 1290. The van der Waals surface area contributed by atoms with E-state index in [2.05, 4.69) is 47.0 Å². The van der Waals surface area contributed by atoms with E-state index in [0.29, 0.717) is 18.0 Å². The smallest absolute Gasteiger partial charge is 0.224 e. The standard InChI is InChI=1S/C33H40N4O2/c1-33(2,34)26-15-13-24(14-16-26)31-29(23-7-4-3-5-8-23)20-28(21-35-31)36-30(38)19-22-11-17-27(18-12-22)37-32(39)25-9-6-10-25/h3-5,7-8,13-16,20-22,25,27H,6,9-12,17-19,34H2,1-2H3,(H,36,38)(H,37,39). The highest BCUT2D eigenvalue weighted by molar-refractivity contribution is 5.93. The number of benzene rings is 2. The van der Waals surface area contributed by atoms with Crippen molar-refractivity contribution in [3.05, 3.63) is 72.4 Å². The van der Waals surface area contributed by atoms with Gasteiger partial charge in [0.1, 0.15) is 0 Å². The number of hydrogen-bond acceptors (Lipinski definition) is 4. The molecule has 0 unspecified atom stereocenters. The lowest BCUT2D eigenvalue weighted by molar-refractivity contribution is -0.128. The molecule has 5 rings (SSSR count). The van der Waals surface area contributed by atoms with Gasteiger partial charge in [-0.15, -0.1) is 0 Å². The number of carbonyl (C=O) groups is 2. The van der Waals surface area contributed by atoms with Crippen molar-refractivity contribution in [2.75, 3.05) is 5.32 Å². The van der Waals surface area contributed by atoms with Crippen LogP contribution in [0.5, 0.6) is 0 Å². The van der Waals surface area contributed by atoms with E-state index in [1.54, 1.807) is 6.20 Å². The highest BCUT2D eigenvalue weighted by Crippen LogP contribution is 2.34. The van der Waals surface area contributed by atoms with Crippen LogP contribution in [0.25, 0.3) is 22.4 Å². The van der Waals surface area contributed by atoms with Gasteiger partial charge in [-0.1, -0.05) is 61.0 Å². The van der Waals surface area contributed by atoms with E-state index in [0.717, 1.165) is 66.5 Å². The van der Waals surface area contributed by atoms with Crippen LogP contribution in [0.1, 0.15) is 70.8 Å². The van der Waals surface area contributed by atoms with Crippen molar-refractivity contribution in [1.82, 2.24) is 10.3 Å². The second kappa shape index (κ2) is 11.7. The first kappa shape index (κ1) is 27.1. The second-order valence-electron chi connectivity index (χ2n) is 11.9. The largest absolute Gasteiger partial charge is 0.353 e. The fourth-order valence-electron chi connectivity index (χ4n) is 5.63. The molecule has 3 aromatic rings. The summed E-state index contributed by atoms with van der Waals surface area (Å²) >= 11 is 0. The molecule has 2 saturated carbocycles. The summed E-state index contributed by atoms with van der Waals surface area (Å²) in [6.45, 7) is 3.99. The Kier molecular flexibility index (Phi) is 8.12. The number of nitrogens with one attached hydrogen (secondary N) is 2. The van der Waals surface area contributed by atoms with Crippen LogP contribution in [0.15, 0.2) is 66.9 Å². The summed E-state index contributed by atoms with van der Waals surface area (Å²) in [7, 11) is 0. The molecule has 0 atom stereocenters. The van der Waals surface area contributed by atoms with Gasteiger partial charge in [-0.25, -0.2) is 0 Å². The zero-order valence-electron chi connectivity index (χ0n) is 23.1. The Balaban J connectivity index is 1.24. The van der Waals surface area contributed by atoms with Crippen molar-refractivity contribution < 1.29 is 9.59 Å². The van der Waals surface area contributed by atoms with E-state index in [9.17, 15) is 9.59 Å². The molecule has 0 bridgehead atoms. The van der Waals surface area contributed by atoms with Crippen LogP contribution in [0.3, 0.4) is 0 Å². The zero-order valence-corrected chi connectivity index (χ0v) is 23.1. The lowest BCUT2D eigenvalue weighted by Crippen LogP contribution is -2.42. The Morgan fingerprint density at radius 1 is 0.923 bits per heavy atom. The van der Waals surface area contributed by atoms with Gasteiger partial charge in [0.25, 0.3) is 0 Å². The van der Waals surface area contributed by atoms with Gasteiger partial charge in [-0.2, -0.15) is 0 Å². The lowest BCUT2D eigenvalue weighted by atomic mass is 9.82. The summed E-state index contributed by atoms with van der Waals surface area (Å²) in [5, 5.41) is 6.32. The topological polar surface area (TPSA) is 97.1 Å². The molecule has 2 aliphatic carbocycles. The number of amides is 2. The van der Waals surface area contributed by atoms with Gasteiger partial charge in [-0.05, 0) is 75.5 Å². The molecule has 0 spiro atoms. The molecule has 204 valence electrons. The molecule has 2 fully saturated rings. The number of pyridine rings is 1. The van der Waals surface area contributed by atoms with E-state index in [-0.39, 0.29) is 23.8 Å². The molecule has 0 radical (unpaired) electrons. The first-order chi connectivity index (χ1) is 18.8. The fraction of sp³-hybridized carbons (Fsp3) is 0.424. The van der Waals surface area contributed by atoms with Crippen molar-refractivity contribution in [2.24, 2.45) is 17.6 Å². The average molecular weight is 525 g/mol. The van der Waals surface area contributed by atoms with Crippen molar-refractivity contribution >= 4 is 17.5 Å². The van der Waals surface area contributed by atoms with Gasteiger partial charge in [0.2, 0.25) is 11.8 Å². The van der Waals surface area contributed by atoms with E-state index >= 15 is 0 Å². The Labute approximate surface area is 231 Å². The van der Waals surface area contributed by atoms with Gasteiger partial charge < -0.3 is 16.4 Å². The van der Waals surface area contributed by atoms with E-state index in [1.165, 1.54) is 6.42 Å². The van der Waals surface area contributed by atoms with Crippen molar-refractivity contribution in [2.45, 2.75) is 76.8 Å². The molecule has 1 aromatic heterocycles. The average Bonchev–Trinajstić information content (AvgIpc) is 2.89. The number of hydrogen-bond donors (Lipinski definition) is 3. The first-order valence-electron chi connectivity index (χ1n) is 14.3. The monoisotopic (exact) mass is 524 g/mol. The molecule has 4 N–H and O–H groups in total. The number of aromatic nitrogens is 1. The van der Waals surface area contributed by atoms with Gasteiger partial charge in [0.15, 0.2) is 0 Å². The first-order valence-corrected chi connectivity index (χ1v) is 14.3. The summed E-state index contributed by atoms with van der Waals surface area (Å²) in [6.07, 6.45) is 9.29. The lowest BCUT2D eigenvalue weighted by Gasteiger charge is -2.32. The molecule has 6 heteroatoms. The molecule has 0 aliphatic heterocycles. The predicted molar refractivity (Wildman–Crippen MR) is 157 cm³/mol. The number of carbonyl (C=O) groups excluding carboxylic acids is 2. The normalized spacial score (nSPS) is 19.7. The van der Waals surface area contributed by atoms with Gasteiger partial charge in [-0.3, -0.25) is 14.6 Å². The zero-order chi connectivity index (χ0) is 27.4. The molecule has 2 aliphatic rings. The highest BCUT2D eigenvalue weighted by Gasteiger charge is 2.29. The molecular formula is C33H40N4O2. The van der Waals surface area contributed by atoms with E-state index in [1.807, 2.05) is 38.1 Å². The summed E-state index contributed by atoms with van der Waals surface area (Å²) in [5.74, 6) is 0.812. The van der Waals surface area contributed by atoms with Crippen LogP contribution in [-0.2, 0) is 15.1 Å². The molecule has 1 heterocycles. The maximum Gasteiger partial charge on any atom is 0.224 e. The number of anilines is 1. The molecule has 2 aromatic carbocycles. The maximum absolute atomic E-state index is 13.0. The Hall–Kier alpha value is -3.51. The van der Waals surface area contributed by atoms with Crippen LogP contribution < -0.4 is 16.4 Å². The summed E-state index contributed by atoms with van der Waals surface area (Å²) < 4.78 is 0. The quantitative estimate of drug-likeness (QED) is 0.317. The van der Waals surface area contributed by atoms with Crippen LogP contribution >= 0.6 is 0 Å². The van der Waals surface area contributed by atoms with Gasteiger partial charge >= 0.3 is 0 Å². The molecule has 2 amide bonds. The maximum atomic E-state index is 13.0. The molecule has 6 nitrogen and oxygen atoms in total. The van der Waals surface area contributed by atoms with Crippen LogP contribution in [0.4, 0.5) is 5.69 Å². The molecule has 0 saturated heterocycles. The Morgan fingerprint density at radius 3 is 2.23 bits per heavy atom. The van der Waals surface area contributed by atoms with Crippen molar-refractivity contribution in [3.63, 3.8) is 0 Å². The summed E-state index contributed by atoms with van der Waals surface area (Å²) in [4.78, 5) is 30.1. The minimum Gasteiger partial charge on any atom is -0.353 e. The summed E-state index contributed by atoms with van der Waals surface area (Å²) in [5.41, 5.74) is 11.5. The van der Waals surface area contributed by atoms with Crippen molar-refractivity contribution in [1.29, 1.82) is 0 Å². The van der Waals surface area contributed by atoms with Gasteiger partial charge in [0, 0.05) is 35.0 Å². The third-order valence-corrected chi connectivity index (χ3v) is 8.30. The van der Waals surface area contributed by atoms with Crippen molar-refractivity contribution in [3.8, 4) is 22.4 Å². The predicted octanol–water partition coefficient (Wildman–Crippen LogP) is 6.41.